The van der Waals surface area contributed by atoms with Gasteiger partial charge in [0.2, 0.25) is 0 Å². The summed E-state index contributed by atoms with van der Waals surface area (Å²) < 4.78 is 0. The standard InChI is InChI=1S/C10H15NO3/c1-2-3-4-5-6-9(8-12)11-7-10(13)14/h4-5,8H,2-3,6-7H2,1H3,(H,13,14)/b5-4+,11-9?. The molecule has 0 aromatic rings. The van der Waals surface area contributed by atoms with Crippen molar-refractivity contribution in [3.8, 4) is 0 Å². The van der Waals surface area contributed by atoms with E-state index >= 15 is 0 Å². The number of carbonyl (C=O) groups is 2. The van der Waals surface area contributed by atoms with Crippen LogP contribution in [0, 0.1) is 0 Å². The van der Waals surface area contributed by atoms with Gasteiger partial charge in [0.15, 0.2) is 6.29 Å². The van der Waals surface area contributed by atoms with Gasteiger partial charge >= 0.3 is 5.97 Å². The van der Waals surface area contributed by atoms with Crippen LogP contribution in [0.25, 0.3) is 0 Å². The van der Waals surface area contributed by atoms with Gasteiger partial charge < -0.3 is 5.11 Å². The maximum atomic E-state index is 10.4. The molecule has 0 rings (SSSR count). The average Bonchev–Trinajstić information content (AvgIpc) is 2.16. The van der Waals surface area contributed by atoms with E-state index in [1.54, 1.807) is 0 Å². The van der Waals surface area contributed by atoms with E-state index in [9.17, 15) is 9.59 Å². The third kappa shape index (κ3) is 7.21. The molecule has 0 aliphatic heterocycles. The van der Waals surface area contributed by atoms with Crippen molar-refractivity contribution in [3.63, 3.8) is 0 Å². The Morgan fingerprint density at radius 3 is 2.64 bits per heavy atom. The van der Waals surface area contributed by atoms with E-state index < -0.39 is 5.97 Å². The Balaban J connectivity index is 3.95. The number of carboxylic acid groups (broad SMARTS) is 1. The summed E-state index contributed by atoms with van der Waals surface area (Å²) in [5, 5.41) is 8.33. The number of hydrogen-bond donors (Lipinski definition) is 1. The first-order chi connectivity index (χ1) is 6.70. The average molecular weight is 197 g/mol. The van der Waals surface area contributed by atoms with E-state index in [4.69, 9.17) is 5.11 Å². The lowest BCUT2D eigenvalue weighted by Crippen LogP contribution is -2.05. The SMILES string of the molecule is CCC/C=C/CC(C=O)=NCC(=O)O. The van der Waals surface area contributed by atoms with Crippen molar-refractivity contribution in [1.29, 1.82) is 0 Å². The van der Waals surface area contributed by atoms with Gasteiger partial charge in [-0.3, -0.25) is 14.6 Å². The first kappa shape index (κ1) is 12.6. The molecule has 0 radical (unpaired) electrons. The van der Waals surface area contributed by atoms with Crippen LogP contribution in [-0.4, -0.2) is 29.6 Å². The van der Waals surface area contributed by atoms with Gasteiger partial charge in [0.25, 0.3) is 0 Å². The lowest BCUT2D eigenvalue weighted by atomic mass is 10.2. The van der Waals surface area contributed by atoms with Gasteiger partial charge in [0.05, 0.1) is 5.71 Å². The molecule has 1 N–H and O–H groups in total. The lowest BCUT2D eigenvalue weighted by molar-refractivity contribution is -0.135. The van der Waals surface area contributed by atoms with E-state index in [2.05, 4.69) is 11.9 Å². The molecule has 0 fully saturated rings. The molecule has 14 heavy (non-hydrogen) atoms. The van der Waals surface area contributed by atoms with Crippen molar-refractivity contribution in [2.45, 2.75) is 26.2 Å². The summed E-state index contributed by atoms with van der Waals surface area (Å²) in [4.78, 5) is 24.2. The zero-order valence-electron chi connectivity index (χ0n) is 8.27. The molecule has 0 unspecified atom stereocenters. The van der Waals surface area contributed by atoms with E-state index in [1.807, 2.05) is 12.2 Å². The third-order valence-electron chi connectivity index (χ3n) is 1.50. The highest BCUT2D eigenvalue weighted by molar-refractivity contribution is 6.28. The van der Waals surface area contributed by atoms with Crippen molar-refractivity contribution < 1.29 is 14.7 Å². The molecule has 0 spiro atoms. The largest absolute Gasteiger partial charge is 0.480 e. The normalized spacial score (nSPS) is 11.9. The fourth-order valence-electron chi connectivity index (χ4n) is 0.808. The maximum absolute atomic E-state index is 10.4. The molecule has 0 saturated carbocycles. The Labute approximate surface area is 83.3 Å². The second-order valence-corrected chi connectivity index (χ2v) is 2.78. The second-order valence-electron chi connectivity index (χ2n) is 2.78. The summed E-state index contributed by atoms with van der Waals surface area (Å²) in [6, 6.07) is 0. The molecular formula is C10H15NO3. The smallest absolute Gasteiger partial charge is 0.325 e. The number of carbonyl (C=O) groups excluding carboxylic acids is 1. The number of rotatable bonds is 7. The molecule has 0 atom stereocenters. The summed E-state index contributed by atoms with van der Waals surface area (Å²) in [7, 11) is 0. The van der Waals surface area contributed by atoms with Crippen LogP contribution in [0.2, 0.25) is 0 Å². The van der Waals surface area contributed by atoms with Gasteiger partial charge in [0.1, 0.15) is 6.54 Å². The van der Waals surface area contributed by atoms with Crippen LogP contribution in [0.15, 0.2) is 17.1 Å². The summed E-state index contributed by atoms with van der Waals surface area (Å²) in [5.41, 5.74) is 0.278. The first-order valence-corrected chi connectivity index (χ1v) is 4.56. The number of unbranched alkanes of at least 4 members (excludes halogenated alkanes) is 1. The lowest BCUT2D eigenvalue weighted by Gasteiger charge is -1.92. The molecule has 4 heteroatoms. The predicted molar refractivity (Wildman–Crippen MR) is 54.7 cm³/mol. The van der Waals surface area contributed by atoms with Crippen LogP contribution in [0.3, 0.4) is 0 Å². The zero-order valence-corrected chi connectivity index (χ0v) is 8.27. The van der Waals surface area contributed by atoms with Crippen LogP contribution in [-0.2, 0) is 9.59 Å². The fourth-order valence-corrected chi connectivity index (χ4v) is 0.808. The van der Waals surface area contributed by atoms with Gasteiger partial charge in [-0.2, -0.15) is 0 Å². The predicted octanol–water partition coefficient (Wildman–Crippen LogP) is 1.46. The Morgan fingerprint density at radius 2 is 2.14 bits per heavy atom. The molecular weight excluding hydrogens is 182 g/mol. The minimum Gasteiger partial charge on any atom is -0.480 e. The topological polar surface area (TPSA) is 66.7 Å². The quantitative estimate of drug-likeness (QED) is 0.381. The highest BCUT2D eigenvalue weighted by Gasteiger charge is 1.96. The molecule has 78 valence electrons. The fraction of sp³-hybridized carbons (Fsp3) is 0.500. The Bertz CT molecular complexity index is 244. The van der Waals surface area contributed by atoms with Crippen LogP contribution in [0.5, 0.6) is 0 Å². The molecule has 0 aromatic heterocycles. The molecule has 0 heterocycles. The number of aliphatic carboxylic acids is 1. The highest BCUT2D eigenvalue weighted by Crippen LogP contribution is 1.93. The molecule has 0 aliphatic rings. The third-order valence-corrected chi connectivity index (χ3v) is 1.50. The minimum atomic E-state index is -1.03. The molecule has 0 amide bonds. The van der Waals surface area contributed by atoms with Crippen molar-refractivity contribution in [1.82, 2.24) is 0 Å². The van der Waals surface area contributed by atoms with E-state index in [0.29, 0.717) is 12.7 Å². The number of hydrogen-bond acceptors (Lipinski definition) is 3. The van der Waals surface area contributed by atoms with Crippen molar-refractivity contribution in [3.05, 3.63) is 12.2 Å². The molecule has 0 aromatic carbocycles. The van der Waals surface area contributed by atoms with E-state index in [-0.39, 0.29) is 12.3 Å². The van der Waals surface area contributed by atoms with Crippen LogP contribution >= 0.6 is 0 Å². The zero-order chi connectivity index (χ0) is 10.8. The Kier molecular flexibility index (Phi) is 7.32. The number of nitrogens with zero attached hydrogens (tertiary/aromatic N) is 1. The summed E-state index contributed by atoms with van der Waals surface area (Å²) >= 11 is 0. The minimum absolute atomic E-state index is 0.278. The van der Waals surface area contributed by atoms with Crippen LogP contribution in [0.4, 0.5) is 0 Å². The Hall–Kier alpha value is -1.45. The Morgan fingerprint density at radius 1 is 1.43 bits per heavy atom. The highest BCUT2D eigenvalue weighted by atomic mass is 16.4. The monoisotopic (exact) mass is 197 g/mol. The number of aldehydes is 1. The molecule has 4 nitrogen and oxygen atoms in total. The summed E-state index contributed by atoms with van der Waals surface area (Å²) in [5.74, 6) is -1.03. The van der Waals surface area contributed by atoms with Gasteiger partial charge in [-0.25, -0.2) is 0 Å². The van der Waals surface area contributed by atoms with Crippen LogP contribution < -0.4 is 0 Å². The number of allylic oxidation sites excluding steroid dienone is 2. The van der Waals surface area contributed by atoms with Crippen molar-refractivity contribution >= 4 is 18.0 Å². The van der Waals surface area contributed by atoms with Crippen molar-refractivity contribution in [2.24, 2.45) is 4.99 Å². The van der Waals surface area contributed by atoms with Gasteiger partial charge in [0, 0.05) is 6.42 Å². The van der Waals surface area contributed by atoms with E-state index in [1.165, 1.54) is 0 Å². The van der Waals surface area contributed by atoms with Crippen molar-refractivity contribution in [2.75, 3.05) is 6.54 Å². The molecule has 0 bridgehead atoms. The maximum Gasteiger partial charge on any atom is 0.325 e. The molecule has 0 saturated heterocycles. The van der Waals surface area contributed by atoms with Gasteiger partial charge in [-0.1, -0.05) is 25.5 Å². The van der Waals surface area contributed by atoms with Gasteiger partial charge in [-0.05, 0) is 6.42 Å². The van der Waals surface area contributed by atoms with Crippen LogP contribution in [0.1, 0.15) is 26.2 Å². The van der Waals surface area contributed by atoms with E-state index in [0.717, 1.165) is 12.8 Å². The first-order valence-electron chi connectivity index (χ1n) is 4.56. The van der Waals surface area contributed by atoms with Gasteiger partial charge in [-0.15, -0.1) is 0 Å². The molecule has 0 aliphatic carbocycles. The summed E-state index contributed by atoms with van der Waals surface area (Å²) in [6.45, 7) is 1.72. The number of aliphatic imine (C=N–C) groups is 1. The number of carboxylic acids is 1. The summed E-state index contributed by atoms with van der Waals surface area (Å²) in [6.07, 6.45) is 6.82. The second kappa shape index (κ2) is 8.16.